The Kier molecular flexibility index (Phi) is 2.65. The number of anilines is 1. The topological polar surface area (TPSA) is 57.6 Å². The molecule has 2 unspecified atom stereocenters. The fourth-order valence-corrected chi connectivity index (χ4v) is 2.07. The molecule has 2 atom stereocenters. The van der Waals surface area contributed by atoms with E-state index in [1.54, 1.807) is 32.9 Å². The fourth-order valence-electron chi connectivity index (χ4n) is 2.07. The number of rotatable bonds is 1. The SMILES string of the molecule is Cc1cc(O)ccc1N1C(=O)C(C)C(C)C1=O. The summed E-state index contributed by atoms with van der Waals surface area (Å²) < 4.78 is 0. The predicted octanol–water partition coefficient (Wildman–Crippen LogP) is 1.85. The molecule has 0 radical (unpaired) electrons. The summed E-state index contributed by atoms with van der Waals surface area (Å²) in [5, 5.41) is 9.33. The van der Waals surface area contributed by atoms with E-state index in [0.29, 0.717) is 11.3 Å². The zero-order chi connectivity index (χ0) is 12.7. The Morgan fingerprint density at radius 3 is 2.12 bits per heavy atom. The van der Waals surface area contributed by atoms with Crippen molar-refractivity contribution >= 4 is 17.5 Å². The Hall–Kier alpha value is -1.84. The van der Waals surface area contributed by atoms with Crippen LogP contribution in [-0.2, 0) is 9.59 Å². The van der Waals surface area contributed by atoms with E-state index in [1.165, 1.54) is 11.0 Å². The number of imide groups is 1. The van der Waals surface area contributed by atoms with Gasteiger partial charge in [0, 0.05) is 11.8 Å². The van der Waals surface area contributed by atoms with Gasteiger partial charge in [-0.3, -0.25) is 9.59 Å². The second kappa shape index (κ2) is 3.87. The van der Waals surface area contributed by atoms with E-state index in [2.05, 4.69) is 0 Å². The first-order valence-corrected chi connectivity index (χ1v) is 5.61. The van der Waals surface area contributed by atoms with Gasteiger partial charge in [0.15, 0.2) is 0 Å². The van der Waals surface area contributed by atoms with Crippen molar-refractivity contribution in [2.45, 2.75) is 20.8 Å². The molecule has 4 heteroatoms. The number of nitrogens with zero attached hydrogens (tertiary/aromatic N) is 1. The van der Waals surface area contributed by atoms with E-state index in [1.807, 2.05) is 0 Å². The van der Waals surface area contributed by atoms with Gasteiger partial charge in [-0.05, 0) is 30.7 Å². The molecule has 0 bridgehead atoms. The molecule has 2 amide bonds. The number of hydrogen-bond donors (Lipinski definition) is 1. The van der Waals surface area contributed by atoms with Gasteiger partial charge in [-0.2, -0.15) is 0 Å². The fraction of sp³-hybridized carbons (Fsp3) is 0.385. The van der Waals surface area contributed by atoms with E-state index >= 15 is 0 Å². The third kappa shape index (κ3) is 1.69. The van der Waals surface area contributed by atoms with Crippen molar-refractivity contribution in [3.8, 4) is 5.75 Å². The van der Waals surface area contributed by atoms with Crippen molar-refractivity contribution in [2.24, 2.45) is 11.8 Å². The third-order valence-corrected chi connectivity index (χ3v) is 3.39. The first kappa shape index (κ1) is 11.6. The van der Waals surface area contributed by atoms with Gasteiger partial charge in [0.25, 0.3) is 0 Å². The van der Waals surface area contributed by atoms with Crippen LogP contribution in [0.25, 0.3) is 0 Å². The summed E-state index contributed by atoms with van der Waals surface area (Å²) in [5.74, 6) is -0.773. The molecule has 1 aromatic rings. The first-order valence-electron chi connectivity index (χ1n) is 5.61. The van der Waals surface area contributed by atoms with E-state index < -0.39 is 0 Å². The third-order valence-electron chi connectivity index (χ3n) is 3.39. The number of benzene rings is 1. The van der Waals surface area contributed by atoms with Gasteiger partial charge in [0.05, 0.1) is 5.69 Å². The lowest BCUT2D eigenvalue weighted by Crippen LogP contribution is -2.31. The van der Waals surface area contributed by atoms with Crippen LogP contribution in [-0.4, -0.2) is 16.9 Å². The maximum Gasteiger partial charge on any atom is 0.237 e. The summed E-state index contributed by atoms with van der Waals surface area (Å²) in [6.45, 7) is 5.30. The van der Waals surface area contributed by atoms with Crippen molar-refractivity contribution in [3.05, 3.63) is 23.8 Å². The van der Waals surface area contributed by atoms with Crippen LogP contribution in [0.2, 0.25) is 0 Å². The monoisotopic (exact) mass is 233 g/mol. The molecule has 1 saturated heterocycles. The molecule has 1 aliphatic rings. The lowest BCUT2D eigenvalue weighted by atomic mass is 10.00. The zero-order valence-corrected chi connectivity index (χ0v) is 10.1. The highest BCUT2D eigenvalue weighted by Gasteiger charge is 2.43. The molecule has 1 aliphatic heterocycles. The molecule has 1 heterocycles. The van der Waals surface area contributed by atoms with Gasteiger partial charge in [-0.25, -0.2) is 4.90 Å². The second-order valence-electron chi connectivity index (χ2n) is 4.56. The Labute approximate surface area is 99.9 Å². The Bertz CT molecular complexity index is 475. The normalized spacial score (nSPS) is 24.5. The van der Waals surface area contributed by atoms with Gasteiger partial charge in [-0.15, -0.1) is 0 Å². The van der Waals surface area contributed by atoms with Crippen molar-refractivity contribution in [1.29, 1.82) is 0 Å². The van der Waals surface area contributed by atoms with Crippen molar-refractivity contribution in [2.75, 3.05) is 4.90 Å². The van der Waals surface area contributed by atoms with Crippen LogP contribution in [0.3, 0.4) is 0 Å². The molecule has 90 valence electrons. The summed E-state index contributed by atoms with van der Waals surface area (Å²) >= 11 is 0. The summed E-state index contributed by atoms with van der Waals surface area (Å²) in [5.41, 5.74) is 1.28. The van der Waals surface area contributed by atoms with Crippen LogP contribution in [0.4, 0.5) is 5.69 Å². The highest BCUT2D eigenvalue weighted by molar-refractivity contribution is 6.22. The smallest absolute Gasteiger partial charge is 0.237 e. The summed E-state index contributed by atoms with van der Waals surface area (Å²) in [7, 11) is 0. The number of amides is 2. The predicted molar refractivity (Wildman–Crippen MR) is 63.7 cm³/mol. The number of carbonyl (C=O) groups excluding carboxylic acids is 2. The number of aromatic hydroxyl groups is 1. The lowest BCUT2D eigenvalue weighted by Gasteiger charge is -2.17. The van der Waals surface area contributed by atoms with Crippen molar-refractivity contribution < 1.29 is 14.7 Å². The molecule has 1 N–H and O–H groups in total. The zero-order valence-electron chi connectivity index (χ0n) is 10.1. The molecular formula is C13H15NO3. The molecule has 0 saturated carbocycles. The Balaban J connectivity index is 2.47. The van der Waals surface area contributed by atoms with Gasteiger partial charge in [0.1, 0.15) is 5.75 Å². The Morgan fingerprint density at radius 2 is 1.65 bits per heavy atom. The van der Waals surface area contributed by atoms with Gasteiger partial charge >= 0.3 is 0 Å². The molecule has 0 aliphatic carbocycles. The maximum absolute atomic E-state index is 12.0. The number of phenolic OH excluding ortho intramolecular Hbond substituents is 1. The second-order valence-corrected chi connectivity index (χ2v) is 4.56. The summed E-state index contributed by atoms with van der Waals surface area (Å²) in [4.78, 5) is 25.2. The molecule has 0 spiro atoms. The minimum absolute atomic E-state index is 0.131. The van der Waals surface area contributed by atoms with Crippen LogP contribution in [0.5, 0.6) is 5.75 Å². The van der Waals surface area contributed by atoms with Gasteiger partial charge < -0.3 is 5.11 Å². The van der Waals surface area contributed by atoms with E-state index in [9.17, 15) is 14.7 Å². The van der Waals surface area contributed by atoms with Gasteiger partial charge in [0.2, 0.25) is 11.8 Å². The van der Waals surface area contributed by atoms with Crippen LogP contribution in [0, 0.1) is 18.8 Å². The molecular weight excluding hydrogens is 218 g/mol. The standard InChI is InChI=1S/C13H15NO3/c1-7-6-10(15)4-5-11(7)14-12(16)8(2)9(3)13(14)17/h4-6,8-9,15H,1-3H3. The average molecular weight is 233 g/mol. The first-order chi connectivity index (χ1) is 7.93. The van der Waals surface area contributed by atoms with E-state index in [4.69, 9.17) is 0 Å². The molecule has 17 heavy (non-hydrogen) atoms. The highest BCUT2D eigenvalue weighted by atomic mass is 16.3. The lowest BCUT2D eigenvalue weighted by molar-refractivity contribution is -0.122. The highest BCUT2D eigenvalue weighted by Crippen LogP contribution is 2.33. The largest absolute Gasteiger partial charge is 0.508 e. The van der Waals surface area contributed by atoms with E-state index in [0.717, 1.165) is 0 Å². The number of phenols is 1. The summed E-state index contributed by atoms with van der Waals surface area (Å²) in [6.07, 6.45) is 0. The Morgan fingerprint density at radius 1 is 1.12 bits per heavy atom. The van der Waals surface area contributed by atoms with E-state index in [-0.39, 0.29) is 29.4 Å². The molecule has 1 fully saturated rings. The molecule has 1 aromatic carbocycles. The quantitative estimate of drug-likeness (QED) is 0.753. The van der Waals surface area contributed by atoms with Crippen LogP contribution >= 0.6 is 0 Å². The summed E-state index contributed by atoms with van der Waals surface area (Å²) in [6, 6.07) is 4.63. The van der Waals surface area contributed by atoms with Crippen LogP contribution in [0.1, 0.15) is 19.4 Å². The number of hydrogen-bond acceptors (Lipinski definition) is 3. The van der Waals surface area contributed by atoms with Crippen LogP contribution in [0.15, 0.2) is 18.2 Å². The molecule has 0 aromatic heterocycles. The van der Waals surface area contributed by atoms with Crippen molar-refractivity contribution in [1.82, 2.24) is 0 Å². The minimum atomic E-state index is -0.282. The number of aryl methyl sites for hydroxylation is 1. The van der Waals surface area contributed by atoms with Gasteiger partial charge in [-0.1, -0.05) is 13.8 Å². The minimum Gasteiger partial charge on any atom is -0.508 e. The maximum atomic E-state index is 12.0. The molecule has 4 nitrogen and oxygen atoms in total. The number of carbonyl (C=O) groups is 2. The van der Waals surface area contributed by atoms with Crippen molar-refractivity contribution in [3.63, 3.8) is 0 Å². The average Bonchev–Trinajstić information content (AvgIpc) is 2.45. The van der Waals surface area contributed by atoms with Crippen LogP contribution < -0.4 is 4.90 Å². The molecule has 2 rings (SSSR count).